The van der Waals surface area contributed by atoms with Crippen molar-refractivity contribution < 1.29 is 22.8 Å². The predicted octanol–water partition coefficient (Wildman–Crippen LogP) is 3.98. The molecule has 2 fully saturated rings. The van der Waals surface area contributed by atoms with E-state index in [0.717, 1.165) is 37.9 Å². The second-order valence-electron chi connectivity index (χ2n) is 9.44. The average molecular weight is 535 g/mol. The summed E-state index contributed by atoms with van der Waals surface area (Å²) in [6.07, 6.45) is 6.73. The van der Waals surface area contributed by atoms with Gasteiger partial charge in [0.2, 0.25) is 5.95 Å². The van der Waals surface area contributed by atoms with E-state index >= 15 is 0 Å². The first-order valence-electron chi connectivity index (χ1n) is 12.2. The van der Waals surface area contributed by atoms with Crippen molar-refractivity contribution in [2.45, 2.75) is 44.6 Å². The van der Waals surface area contributed by atoms with Gasteiger partial charge in [-0.1, -0.05) is 12.8 Å². The van der Waals surface area contributed by atoms with Gasteiger partial charge in [-0.25, -0.2) is 32.9 Å². The van der Waals surface area contributed by atoms with E-state index in [1.807, 2.05) is 4.90 Å². The average Bonchev–Trinajstić information content (AvgIpc) is 3.57. The van der Waals surface area contributed by atoms with Gasteiger partial charge in [-0.05, 0) is 30.5 Å². The van der Waals surface area contributed by atoms with Gasteiger partial charge in [0.15, 0.2) is 5.82 Å². The van der Waals surface area contributed by atoms with Crippen LogP contribution in [0.15, 0.2) is 29.5 Å². The lowest BCUT2D eigenvalue weighted by molar-refractivity contribution is -0.122. The van der Waals surface area contributed by atoms with Crippen molar-refractivity contribution in [3.63, 3.8) is 0 Å². The van der Waals surface area contributed by atoms with Crippen molar-refractivity contribution in [1.82, 2.24) is 19.9 Å². The van der Waals surface area contributed by atoms with Crippen LogP contribution in [-0.2, 0) is 11.2 Å². The summed E-state index contributed by atoms with van der Waals surface area (Å²) >= 11 is 0. The van der Waals surface area contributed by atoms with Crippen LogP contribution in [0.3, 0.4) is 0 Å². The number of hydrazone groups is 1. The summed E-state index contributed by atoms with van der Waals surface area (Å²) in [4.78, 5) is 37.6. The minimum absolute atomic E-state index is 0. The zero-order valence-electron chi connectivity index (χ0n) is 20.2. The molecule has 2 amide bonds. The van der Waals surface area contributed by atoms with E-state index in [-0.39, 0.29) is 43.3 Å². The molecule has 37 heavy (non-hydrogen) atoms. The van der Waals surface area contributed by atoms with Crippen molar-refractivity contribution in [3.8, 4) is 0 Å². The number of urea groups is 1. The molecule has 0 N–H and O–H groups in total. The summed E-state index contributed by atoms with van der Waals surface area (Å²) in [5, 5.41) is 5.40. The van der Waals surface area contributed by atoms with Crippen molar-refractivity contribution in [2.75, 3.05) is 31.1 Å². The standard InChI is InChI=1S/C25H27F3N6O2.H2S/c26-18-11-17(12-19(27)13-18)22-5-6-30-34(22)25(36)33-9-7-32(8-10-33)24-29-15-20(28)21(31-24)14-23(35)16-3-1-2-4-16;/h6,11-13,15-16,22H,1-5,7-10,14H2;1H2/t22-;/m0./s1. The number of carbonyl (C=O) groups excluding carboxylic acids is 2. The molecule has 198 valence electrons. The highest BCUT2D eigenvalue weighted by Gasteiger charge is 2.34. The number of amides is 2. The predicted molar refractivity (Wildman–Crippen MR) is 136 cm³/mol. The van der Waals surface area contributed by atoms with Crippen LogP contribution in [0.5, 0.6) is 0 Å². The Labute approximate surface area is 220 Å². The maximum Gasteiger partial charge on any atom is 0.341 e. The number of anilines is 1. The van der Waals surface area contributed by atoms with Gasteiger partial charge in [0, 0.05) is 50.8 Å². The molecule has 3 heterocycles. The molecule has 2 aliphatic heterocycles. The number of aromatic nitrogens is 2. The lowest BCUT2D eigenvalue weighted by Crippen LogP contribution is -2.52. The van der Waals surface area contributed by atoms with Crippen LogP contribution in [0.25, 0.3) is 0 Å². The number of benzene rings is 1. The van der Waals surface area contributed by atoms with Crippen molar-refractivity contribution in [2.24, 2.45) is 11.0 Å². The topological polar surface area (TPSA) is 82.0 Å². The Morgan fingerprint density at radius 2 is 1.65 bits per heavy atom. The largest absolute Gasteiger partial charge is 0.341 e. The third-order valence-electron chi connectivity index (χ3n) is 7.08. The molecular formula is C25H29F3N6O2S. The number of nitrogens with zero attached hydrogens (tertiary/aromatic N) is 6. The van der Waals surface area contributed by atoms with E-state index in [4.69, 9.17) is 0 Å². The molecule has 1 aliphatic carbocycles. The number of halogens is 3. The highest BCUT2D eigenvalue weighted by Crippen LogP contribution is 2.31. The van der Waals surface area contributed by atoms with Crippen LogP contribution in [0, 0.1) is 23.4 Å². The summed E-state index contributed by atoms with van der Waals surface area (Å²) in [5.41, 5.74) is 0.448. The second kappa shape index (κ2) is 11.5. The van der Waals surface area contributed by atoms with Gasteiger partial charge in [-0.3, -0.25) is 4.79 Å². The number of carbonyl (C=O) groups is 2. The summed E-state index contributed by atoms with van der Waals surface area (Å²) < 4.78 is 41.8. The van der Waals surface area contributed by atoms with Crippen molar-refractivity contribution in [3.05, 3.63) is 53.1 Å². The smallest absolute Gasteiger partial charge is 0.337 e. The molecule has 1 atom stereocenters. The normalized spacial score (nSPS) is 19.9. The fraction of sp³-hybridized carbons (Fsp3) is 0.480. The lowest BCUT2D eigenvalue weighted by Gasteiger charge is -2.37. The zero-order valence-corrected chi connectivity index (χ0v) is 21.2. The Kier molecular flexibility index (Phi) is 8.35. The number of hydrogen-bond acceptors (Lipinski definition) is 6. The van der Waals surface area contributed by atoms with Crippen molar-refractivity contribution in [1.29, 1.82) is 0 Å². The molecule has 3 aliphatic rings. The van der Waals surface area contributed by atoms with Gasteiger partial charge in [0.1, 0.15) is 17.4 Å². The molecule has 12 heteroatoms. The van der Waals surface area contributed by atoms with E-state index in [1.54, 1.807) is 11.1 Å². The molecule has 0 bridgehead atoms. The van der Waals surface area contributed by atoms with E-state index in [1.165, 1.54) is 17.1 Å². The Morgan fingerprint density at radius 1 is 0.973 bits per heavy atom. The van der Waals surface area contributed by atoms with E-state index < -0.39 is 23.5 Å². The Morgan fingerprint density at radius 3 is 2.32 bits per heavy atom. The van der Waals surface area contributed by atoms with Gasteiger partial charge in [0.05, 0.1) is 24.4 Å². The molecule has 8 nitrogen and oxygen atoms in total. The number of piperazine rings is 1. The number of ketones is 1. The van der Waals surface area contributed by atoms with Crippen LogP contribution in [0.2, 0.25) is 0 Å². The maximum absolute atomic E-state index is 14.3. The van der Waals surface area contributed by atoms with E-state index in [2.05, 4.69) is 15.1 Å². The van der Waals surface area contributed by atoms with Gasteiger partial charge in [-0.15, -0.1) is 0 Å². The lowest BCUT2D eigenvalue weighted by atomic mass is 9.99. The van der Waals surface area contributed by atoms with Crippen LogP contribution in [0.1, 0.15) is 49.4 Å². The molecule has 1 aromatic heterocycles. The SMILES string of the molecule is O=C(Cc1nc(N2CCN(C(=O)N3N=CC[C@H]3c3cc(F)cc(F)c3)CC2)ncc1F)C1CCCC1.S. The van der Waals surface area contributed by atoms with E-state index in [9.17, 15) is 22.8 Å². The highest BCUT2D eigenvalue weighted by atomic mass is 32.1. The van der Waals surface area contributed by atoms with Gasteiger partial charge in [0.25, 0.3) is 0 Å². The quantitative estimate of drug-likeness (QED) is 0.580. The Hall–Kier alpha value is -3.15. The van der Waals surface area contributed by atoms with Crippen LogP contribution >= 0.6 is 13.5 Å². The third kappa shape index (κ3) is 5.89. The Bertz CT molecular complexity index is 1160. The van der Waals surface area contributed by atoms with Gasteiger partial charge >= 0.3 is 6.03 Å². The summed E-state index contributed by atoms with van der Waals surface area (Å²) in [7, 11) is 0. The molecule has 0 unspecified atom stereocenters. The molecular weight excluding hydrogens is 505 g/mol. The zero-order chi connectivity index (χ0) is 25.2. The minimum Gasteiger partial charge on any atom is -0.337 e. The first kappa shape index (κ1) is 26.9. The molecule has 1 saturated heterocycles. The van der Waals surface area contributed by atoms with Gasteiger partial charge in [-0.2, -0.15) is 18.6 Å². The fourth-order valence-electron chi connectivity index (χ4n) is 5.11. The Balaban J connectivity index is 0.00000320. The number of rotatable bonds is 5. The van der Waals surface area contributed by atoms with Crippen LogP contribution < -0.4 is 4.90 Å². The second-order valence-corrected chi connectivity index (χ2v) is 9.44. The number of hydrogen-bond donors (Lipinski definition) is 0. The molecule has 0 spiro atoms. The summed E-state index contributed by atoms with van der Waals surface area (Å²) in [6.45, 7) is 1.49. The highest BCUT2D eigenvalue weighted by molar-refractivity contribution is 7.59. The minimum atomic E-state index is -0.707. The van der Waals surface area contributed by atoms with Crippen molar-refractivity contribution >= 4 is 37.5 Å². The van der Waals surface area contributed by atoms with E-state index in [0.29, 0.717) is 44.1 Å². The van der Waals surface area contributed by atoms with Crippen LogP contribution in [-0.4, -0.2) is 64.1 Å². The molecule has 5 rings (SSSR count). The van der Waals surface area contributed by atoms with Crippen LogP contribution in [0.4, 0.5) is 23.9 Å². The monoisotopic (exact) mass is 534 g/mol. The first-order valence-corrected chi connectivity index (χ1v) is 12.2. The third-order valence-corrected chi connectivity index (χ3v) is 7.08. The number of Topliss-reactive ketones (excluding diaryl/α,β-unsaturated/α-hetero) is 1. The molecule has 2 aromatic rings. The maximum atomic E-state index is 14.3. The molecule has 1 saturated carbocycles. The fourth-order valence-corrected chi connectivity index (χ4v) is 5.11. The summed E-state index contributed by atoms with van der Waals surface area (Å²) in [5.74, 6) is -1.68. The molecule has 1 aromatic carbocycles. The first-order chi connectivity index (χ1) is 17.4. The summed E-state index contributed by atoms with van der Waals surface area (Å²) in [6, 6.07) is 2.27. The van der Waals surface area contributed by atoms with Gasteiger partial charge < -0.3 is 9.80 Å². The molecule has 0 radical (unpaired) electrons.